The first kappa shape index (κ1) is 8.30. The van der Waals surface area contributed by atoms with Crippen LogP contribution < -0.4 is 0 Å². The fourth-order valence-electron chi connectivity index (χ4n) is 0.573. The van der Waals surface area contributed by atoms with Crippen LogP contribution in [0.1, 0.15) is 5.56 Å². The summed E-state index contributed by atoms with van der Waals surface area (Å²) in [7, 11) is 0. The van der Waals surface area contributed by atoms with Crippen LogP contribution in [0.3, 0.4) is 0 Å². The van der Waals surface area contributed by atoms with Crippen molar-refractivity contribution in [3.05, 3.63) is 28.0 Å². The van der Waals surface area contributed by atoms with Gasteiger partial charge in [0.2, 0.25) is 0 Å². The van der Waals surface area contributed by atoms with Gasteiger partial charge in [0.1, 0.15) is 5.15 Å². The van der Waals surface area contributed by atoms with Crippen LogP contribution in [0.2, 0.25) is 10.2 Å². The Morgan fingerprint density at radius 1 is 1.55 bits per heavy atom. The summed E-state index contributed by atoms with van der Waals surface area (Å²) >= 11 is 11.1. The lowest BCUT2D eigenvalue weighted by atomic mass is 10.3. The fraction of sp³-hybridized carbons (Fsp3) is 0. The molecular weight excluding hydrogens is 187 g/mol. The molecule has 1 N–H and O–H groups in total. The van der Waals surface area contributed by atoms with Gasteiger partial charge in [-0.25, -0.2) is 4.98 Å². The third kappa shape index (κ3) is 2.06. The maximum Gasteiger partial charge on any atom is 0.147 e. The second kappa shape index (κ2) is 3.55. The number of pyridine rings is 1. The van der Waals surface area contributed by atoms with E-state index in [4.69, 9.17) is 28.4 Å². The highest BCUT2D eigenvalue weighted by molar-refractivity contribution is 6.41. The monoisotopic (exact) mass is 190 g/mol. The molecule has 58 valence electrons. The van der Waals surface area contributed by atoms with Crippen LogP contribution in [0.15, 0.2) is 17.4 Å². The quantitative estimate of drug-likeness (QED) is 0.320. The third-order valence-electron chi connectivity index (χ3n) is 1.02. The van der Waals surface area contributed by atoms with Gasteiger partial charge in [-0.1, -0.05) is 28.4 Å². The average molecular weight is 191 g/mol. The molecule has 0 aliphatic carbocycles. The van der Waals surface area contributed by atoms with Crippen molar-refractivity contribution in [1.29, 1.82) is 0 Å². The number of rotatable bonds is 1. The Balaban J connectivity index is 3.05. The molecule has 0 aliphatic rings. The van der Waals surface area contributed by atoms with Crippen molar-refractivity contribution in [2.75, 3.05) is 0 Å². The molecule has 0 spiro atoms. The molecule has 0 aliphatic heterocycles. The Morgan fingerprint density at radius 3 is 2.82 bits per heavy atom. The van der Waals surface area contributed by atoms with E-state index < -0.39 is 0 Å². The molecule has 0 unspecified atom stereocenters. The molecule has 11 heavy (non-hydrogen) atoms. The van der Waals surface area contributed by atoms with Gasteiger partial charge in [0.05, 0.1) is 11.2 Å². The minimum atomic E-state index is 0.238. The molecule has 1 aromatic rings. The van der Waals surface area contributed by atoms with Crippen LogP contribution in [0, 0.1) is 0 Å². The number of nitrogens with zero attached hydrogens (tertiary/aromatic N) is 2. The van der Waals surface area contributed by atoms with E-state index in [-0.39, 0.29) is 5.15 Å². The molecule has 0 amide bonds. The van der Waals surface area contributed by atoms with Crippen molar-refractivity contribution in [2.24, 2.45) is 5.16 Å². The number of aromatic nitrogens is 1. The molecule has 1 rings (SSSR count). The molecule has 0 aromatic carbocycles. The number of hydrogen-bond acceptors (Lipinski definition) is 3. The van der Waals surface area contributed by atoms with E-state index in [0.717, 1.165) is 0 Å². The minimum Gasteiger partial charge on any atom is -0.411 e. The molecule has 0 atom stereocenters. The average Bonchev–Trinajstić information content (AvgIpc) is 1.98. The lowest BCUT2D eigenvalue weighted by Gasteiger charge is -1.94. The number of oxime groups is 1. The van der Waals surface area contributed by atoms with Gasteiger partial charge in [0, 0.05) is 11.8 Å². The van der Waals surface area contributed by atoms with E-state index in [1.54, 1.807) is 6.07 Å². The smallest absolute Gasteiger partial charge is 0.147 e. The number of halogens is 2. The van der Waals surface area contributed by atoms with E-state index in [1.165, 1.54) is 12.4 Å². The zero-order valence-electron chi connectivity index (χ0n) is 5.33. The maximum absolute atomic E-state index is 8.15. The van der Waals surface area contributed by atoms with E-state index in [9.17, 15) is 0 Å². The molecule has 0 saturated heterocycles. The van der Waals surface area contributed by atoms with Crippen molar-refractivity contribution >= 4 is 29.4 Å². The van der Waals surface area contributed by atoms with Crippen LogP contribution in [0.4, 0.5) is 0 Å². The fourth-order valence-corrected chi connectivity index (χ4v) is 0.851. The third-order valence-corrected chi connectivity index (χ3v) is 1.71. The molecule has 0 fully saturated rings. The molecular formula is C6H4Cl2N2O. The lowest BCUT2D eigenvalue weighted by Crippen LogP contribution is -1.84. The topological polar surface area (TPSA) is 45.5 Å². The first-order chi connectivity index (χ1) is 5.24. The van der Waals surface area contributed by atoms with E-state index >= 15 is 0 Å². The highest BCUT2D eigenvalue weighted by Gasteiger charge is 1.97. The SMILES string of the molecule is ON=Cc1cnc(Cl)c(Cl)c1. The molecule has 5 heteroatoms. The summed E-state index contributed by atoms with van der Waals surface area (Å²) in [6.45, 7) is 0. The van der Waals surface area contributed by atoms with Crippen molar-refractivity contribution in [3.8, 4) is 0 Å². The van der Waals surface area contributed by atoms with Gasteiger partial charge in [-0.3, -0.25) is 0 Å². The van der Waals surface area contributed by atoms with Gasteiger partial charge in [-0.2, -0.15) is 0 Å². The second-order valence-electron chi connectivity index (χ2n) is 1.79. The van der Waals surface area contributed by atoms with E-state index in [2.05, 4.69) is 10.1 Å². The van der Waals surface area contributed by atoms with Gasteiger partial charge in [-0.05, 0) is 6.07 Å². The van der Waals surface area contributed by atoms with Crippen molar-refractivity contribution < 1.29 is 5.21 Å². The Labute approximate surface area is 73.3 Å². The summed E-state index contributed by atoms with van der Waals surface area (Å²) in [5, 5.41) is 11.5. The molecule has 0 radical (unpaired) electrons. The normalized spacial score (nSPS) is 10.7. The van der Waals surface area contributed by atoms with Gasteiger partial charge in [-0.15, -0.1) is 0 Å². The predicted molar refractivity (Wildman–Crippen MR) is 43.6 cm³/mol. The van der Waals surface area contributed by atoms with E-state index in [1.807, 2.05) is 0 Å². The van der Waals surface area contributed by atoms with Crippen molar-refractivity contribution in [2.45, 2.75) is 0 Å². The Morgan fingerprint density at radius 2 is 2.27 bits per heavy atom. The molecule has 1 heterocycles. The molecule has 0 saturated carbocycles. The molecule has 1 aromatic heterocycles. The Kier molecular flexibility index (Phi) is 2.68. The summed E-state index contributed by atoms with van der Waals surface area (Å²) in [6, 6.07) is 1.55. The van der Waals surface area contributed by atoms with Crippen LogP contribution in [0.5, 0.6) is 0 Å². The highest BCUT2D eigenvalue weighted by atomic mass is 35.5. The summed E-state index contributed by atoms with van der Waals surface area (Å²) in [4.78, 5) is 3.73. The summed E-state index contributed by atoms with van der Waals surface area (Å²) in [6.07, 6.45) is 2.67. The highest BCUT2D eigenvalue weighted by Crippen LogP contribution is 2.18. The van der Waals surface area contributed by atoms with Gasteiger partial charge in [0.15, 0.2) is 0 Å². The zero-order valence-corrected chi connectivity index (χ0v) is 6.84. The first-order valence-electron chi connectivity index (χ1n) is 2.72. The Hall–Kier alpha value is -0.800. The van der Waals surface area contributed by atoms with Gasteiger partial charge >= 0.3 is 0 Å². The van der Waals surface area contributed by atoms with Gasteiger partial charge in [0.25, 0.3) is 0 Å². The van der Waals surface area contributed by atoms with Crippen LogP contribution in [-0.4, -0.2) is 16.4 Å². The van der Waals surface area contributed by atoms with Crippen LogP contribution >= 0.6 is 23.2 Å². The largest absolute Gasteiger partial charge is 0.411 e. The van der Waals surface area contributed by atoms with Crippen molar-refractivity contribution in [3.63, 3.8) is 0 Å². The second-order valence-corrected chi connectivity index (χ2v) is 2.55. The zero-order chi connectivity index (χ0) is 8.27. The summed E-state index contributed by atoms with van der Waals surface area (Å²) < 4.78 is 0. The van der Waals surface area contributed by atoms with Crippen LogP contribution in [0.25, 0.3) is 0 Å². The maximum atomic E-state index is 8.15. The summed E-state index contributed by atoms with van der Waals surface area (Å²) in [5.41, 5.74) is 0.599. The van der Waals surface area contributed by atoms with Crippen LogP contribution in [-0.2, 0) is 0 Å². The first-order valence-corrected chi connectivity index (χ1v) is 3.48. The van der Waals surface area contributed by atoms with Crippen molar-refractivity contribution in [1.82, 2.24) is 4.98 Å². The number of hydrogen-bond donors (Lipinski definition) is 1. The Bertz CT molecular complexity index is 288. The van der Waals surface area contributed by atoms with E-state index in [0.29, 0.717) is 10.6 Å². The minimum absolute atomic E-state index is 0.238. The predicted octanol–water partition coefficient (Wildman–Crippen LogP) is 2.20. The molecule has 0 bridgehead atoms. The standard InChI is InChI=1S/C6H4Cl2N2O/c7-5-1-4(3-10-11)2-9-6(5)8/h1-3,11H. The molecule has 3 nitrogen and oxygen atoms in total. The lowest BCUT2D eigenvalue weighted by molar-refractivity contribution is 0.322. The summed E-state index contributed by atoms with van der Waals surface area (Å²) in [5.74, 6) is 0. The van der Waals surface area contributed by atoms with Gasteiger partial charge < -0.3 is 5.21 Å².